The molecule has 1 unspecified atom stereocenters. The van der Waals surface area contributed by atoms with Crippen molar-refractivity contribution in [2.24, 2.45) is 0 Å². The van der Waals surface area contributed by atoms with Gasteiger partial charge in [0.2, 0.25) is 17.8 Å². The molecule has 0 bridgehead atoms. The van der Waals surface area contributed by atoms with Crippen LogP contribution in [-0.2, 0) is 0 Å². The highest BCUT2D eigenvalue weighted by Gasteiger charge is 2.08. The summed E-state index contributed by atoms with van der Waals surface area (Å²) in [7, 11) is 0. The summed E-state index contributed by atoms with van der Waals surface area (Å²) in [6, 6.07) is 0.282. The maximum atomic E-state index is 5.70. The zero-order chi connectivity index (χ0) is 13.7. The van der Waals surface area contributed by atoms with Gasteiger partial charge in [0.15, 0.2) is 0 Å². The van der Waals surface area contributed by atoms with Gasteiger partial charge in [-0.15, -0.1) is 0 Å². The first-order valence-corrected chi connectivity index (χ1v) is 7.34. The van der Waals surface area contributed by atoms with Crippen LogP contribution in [0.15, 0.2) is 18.7 Å². The molecular weight excluding hydrogens is 262 g/mol. The van der Waals surface area contributed by atoms with E-state index in [1.54, 1.807) is 23.3 Å². The van der Waals surface area contributed by atoms with Gasteiger partial charge < -0.3 is 11.1 Å². The molecule has 2 rings (SSSR count). The maximum Gasteiger partial charge on any atom is 0.241 e. The normalized spacial score (nSPS) is 12.3. The van der Waals surface area contributed by atoms with Crippen molar-refractivity contribution in [1.29, 1.82) is 0 Å². The first-order valence-electron chi connectivity index (χ1n) is 5.94. The second-order valence-corrected chi connectivity index (χ2v) is 5.10. The van der Waals surface area contributed by atoms with Crippen molar-refractivity contribution in [2.75, 3.05) is 23.1 Å². The molecule has 102 valence electrons. The molecule has 3 N–H and O–H groups in total. The highest BCUT2D eigenvalue weighted by atomic mass is 32.2. The minimum Gasteiger partial charge on any atom is -0.368 e. The van der Waals surface area contributed by atoms with E-state index in [9.17, 15) is 0 Å². The summed E-state index contributed by atoms with van der Waals surface area (Å²) < 4.78 is 1.69. The third-order valence-corrected chi connectivity index (χ3v) is 3.15. The average molecular weight is 279 g/mol. The molecule has 0 saturated heterocycles. The molecule has 0 fully saturated rings. The van der Waals surface area contributed by atoms with Crippen LogP contribution in [0.2, 0.25) is 0 Å². The van der Waals surface area contributed by atoms with Crippen molar-refractivity contribution in [3.63, 3.8) is 0 Å². The zero-order valence-electron chi connectivity index (χ0n) is 10.9. The van der Waals surface area contributed by atoms with E-state index in [4.69, 9.17) is 5.73 Å². The molecule has 2 aromatic heterocycles. The van der Waals surface area contributed by atoms with Crippen molar-refractivity contribution < 1.29 is 0 Å². The predicted octanol–water partition coefficient (Wildman–Crippen LogP) is 1.19. The van der Waals surface area contributed by atoms with E-state index in [1.165, 1.54) is 0 Å². The second-order valence-electron chi connectivity index (χ2n) is 4.11. The van der Waals surface area contributed by atoms with Crippen LogP contribution in [-0.4, -0.2) is 42.6 Å². The Kier molecular flexibility index (Phi) is 4.56. The molecule has 8 heteroatoms. The van der Waals surface area contributed by atoms with Crippen LogP contribution in [0, 0.1) is 0 Å². The summed E-state index contributed by atoms with van der Waals surface area (Å²) in [5.74, 6) is 2.23. The predicted molar refractivity (Wildman–Crippen MR) is 77.4 cm³/mol. The smallest absolute Gasteiger partial charge is 0.241 e. The first-order chi connectivity index (χ1) is 9.19. The Bertz CT molecular complexity index is 514. The van der Waals surface area contributed by atoms with Crippen LogP contribution < -0.4 is 11.1 Å². The molecule has 0 aromatic carbocycles. The van der Waals surface area contributed by atoms with Crippen molar-refractivity contribution in [3.8, 4) is 5.95 Å². The number of aromatic nitrogens is 5. The lowest BCUT2D eigenvalue weighted by atomic mass is 10.3. The van der Waals surface area contributed by atoms with Gasteiger partial charge in [-0.25, -0.2) is 4.98 Å². The van der Waals surface area contributed by atoms with Crippen molar-refractivity contribution in [3.05, 3.63) is 18.7 Å². The fourth-order valence-electron chi connectivity index (χ4n) is 1.53. The molecule has 0 aliphatic carbocycles. The quantitative estimate of drug-likeness (QED) is 0.820. The summed E-state index contributed by atoms with van der Waals surface area (Å²) in [5.41, 5.74) is 5.70. The van der Waals surface area contributed by atoms with Crippen molar-refractivity contribution in [2.45, 2.75) is 19.4 Å². The minimum atomic E-state index is 0.193. The lowest BCUT2D eigenvalue weighted by molar-refractivity contribution is 0.755. The third-order valence-electron chi connectivity index (χ3n) is 2.51. The molecule has 0 spiro atoms. The Morgan fingerprint density at radius 1 is 1.42 bits per heavy atom. The summed E-state index contributed by atoms with van der Waals surface area (Å²) in [5, 5.41) is 3.23. The van der Waals surface area contributed by atoms with E-state index < -0.39 is 0 Å². The number of hydrogen-bond acceptors (Lipinski definition) is 7. The van der Waals surface area contributed by atoms with Gasteiger partial charge in [0, 0.05) is 18.4 Å². The van der Waals surface area contributed by atoms with E-state index in [0.717, 1.165) is 12.2 Å². The van der Waals surface area contributed by atoms with E-state index in [0.29, 0.717) is 11.9 Å². The highest BCUT2D eigenvalue weighted by molar-refractivity contribution is 7.98. The van der Waals surface area contributed by atoms with Crippen LogP contribution in [0.5, 0.6) is 0 Å². The number of hydrogen-bond donors (Lipinski definition) is 2. The van der Waals surface area contributed by atoms with Crippen LogP contribution in [0.1, 0.15) is 13.3 Å². The summed E-state index contributed by atoms with van der Waals surface area (Å²) in [6.45, 7) is 2.09. The number of anilines is 2. The first kappa shape index (κ1) is 13.6. The van der Waals surface area contributed by atoms with Gasteiger partial charge in [-0.2, -0.15) is 26.7 Å². The molecule has 7 nitrogen and oxygen atoms in total. The molecule has 0 amide bonds. The number of nitrogens with two attached hydrogens (primary N) is 1. The molecule has 0 saturated carbocycles. The molecular formula is C11H17N7S. The SMILES string of the molecule is CSCCC(C)Nc1nc(N)nc(-n2ccnc2)n1. The number of nitrogen functional groups attached to an aromatic ring is 1. The number of nitrogens with zero attached hydrogens (tertiary/aromatic N) is 5. The maximum absolute atomic E-state index is 5.70. The van der Waals surface area contributed by atoms with Crippen LogP contribution in [0.4, 0.5) is 11.9 Å². The van der Waals surface area contributed by atoms with E-state index in [1.807, 2.05) is 11.8 Å². The zero-order valence-corrected chi connectivity index (χ0v) is 11.8. The van der Waals surface area contributed by atoms with Gasteiger partial charge in [0.25, 0.3) is 0 Å². The summed E-state index contributed by atoms with van der Waals surface area (Å²) in [4.78, 5) is 16.5. The molecule has 19 heavy (non-hydrogen) atoms. The molecule has 0 radical (unpaired) electrons. The molecule has 1 atom stereocenters. The Balaban J connectivity index is 2.13. The van der Waals surface area contributed by atoms with Gasteiger partial charge in [0.1, 0.15) is 6.33 Å². The monoisotopic (exact) mass is 279 g/mol. The summed E-state index contributed by atoms with van der Waals surface area (Å²) >= 11 is 1.81. The van der Waals surface area contributed by atoms with Gasteiger partial charge in [-0.3, -0.25) is 4.57 Å². The van der Waals surface area contributed by atoms with Gasteiger partial charge in [-0.1, -0.05) is 0 Å². The standard InChI is InChI=1S/C11H17N7S/c1-8(3-6-19-2)14-10-15-9(12)16-11(17-10)18-5-4-13-7-18/h4-5,7-8H,3,6H2,1-2H3,(H3,12,14,15,16,17). The van der Waals surface area contributed by atoms with Gasteiger partial charge >= 0.3 is 0 Å². The Morgan fingerprint density at radius 3 is 2.95 bits per heavy atom. The highest BCUT2D eigenvalue weighted by Crippen LogP contribution is 2.10. The van der Waals surface area contributed by atoms with Crippen LogP contribution in [0.3, 0.4) is 0 Å². The number of thioether (sulfide) groups is 1. The summed E-state index contributed by atoms with van der Waals surface area (Å²) in [6.07, 6.45) is 8.16. The Labute approximate surface area is 116 Å². The fraction of sp³-hybridized carbons (Fsp3) is 0.455. The van der Waals surface area contributed by atoms with E-state index >= 15 is 0 Å². The van der Waals surface area contributed by atoms with Gasteiger partial charge in [-0.05, 0) is 25.4 Å². The molecule has 2 aromatic rings. The molecule has 2 heterocycles. The lowest BCUT2D eigenvalue weighted by Crippen LogP contribution is -2.19. The Hall–Kier alpha value is -1.83. The lowest BCUT2D eigenvalue weighted by Gasteiger charge is -2.13. The van der Waals surface area contributed by atoms with Crippen LogP contribution in [0.25, 0.3) is 5.95 Å². The number of imidazole rings is 1. The van der Waals surface area contributed by atoms with Crippen LogP contribution >= 0.6 is 11.8 Å². The minimum absolute atomic E-state index is 0.193. The second kappa shape index (κ2) is 6.37. The van der Waals surface area contributed by atoms with Crippen molar-refractivity contribution in [1.82, 2.24) is 24.5 Å². The van der Waals surface area contributed by atoms with Crippen molar-refractivity contribution >= 4 is 23.7 Å². The molecule has 0 aliphatic heterocycles. The topological polar surface area (TPSA) is 94.5 Å². The van der Waals surface area contributed by atoms with Gasteiger partial charge in [0.05, 0.1) is 0 Å². The molecule has 0 aliphatic rings. The Morgan fingerprint density at radius 2 is 2.26 bits per heavy atom. The average Bonchev–Trinajstić information content (AvgIpc) is 2.89. The fourth-order valence-corrected chi connectivity index (χ4v) is 2.11. The van der Waals surface area contributed by atoms with E-state index in [2.05, 4.69) is 38.4 Å². The largest absolute Gasteiger partial charge is 0.368 e. The van der Waals surface area contributed by atoms with E-state index in [-0.39, 0.29) is 12.0 Å². The third kappa shape index (κ3) is 3.82. The number of rotatable bonds is 6. The number of nitrogens with one attached hydrogen (secondary N) is 1.